The topological polar surface area (TPSA) is 59.7 Å². The van der Waals surface area contributed by atoms with Crippen molar-refractivity contribution in [2.24, 2.45) is 0 Å². The smallest absolute Gasteiger partial charge is 0.0902 e. The first-order chi connectivity index (χ1) is 7.83. The van der Waals surface area contributed by atoms with E-state index in [1.807, 2.05) is 0 Å². The number of rotatable bonds is 5. The van der Waals surface area contributed by atoms with Crippen molar-refractivity contribution >= 4 is 5.52 Å². The summed E-state index contributed by atoms with van der Waals surface area (Å²) in [6.45, 7) is 0.661. The van der Waals surface area contributed by atoms with Crippen LogP contribution in [0, 0.1) is 0 Å². The fraction of sp³-hybridized carbons (Fsp3) is 0.455. The van der Waals surface area contributed by atoms with E-state index in [1.165, 1.54) is 0 Å². The summed E-state index contributed by atoms with van der Waals surface area (Å²) in [6.07, 6.45) is 7.83. The van der Waals surface area contributed by atoms with Crippen LogP contribution < -0.4 is 0 Å². The van der Waals surface area contributed by atoms with Crippen LogP contribution >= 0.6 is 0 Å². The van der Waals surface area contributed by atoms with E-state index in [0.717, 1.165) is 17.5 Å². The molecule has 1 N–H and O–H groups in total. The lowest BCUT2D eigenvalue weighted by atomic mass is 10.1. The monoisotopic (exact) mass is 221 g/mol. The highest BCUT2D eigenvalue weighted by Crippen LogP contribution is 2.22. The second-order valence-electron chi connectivity index (χ2n) is 3.66. The van der Waals surface area contributed by atoms with E-state index in [0.29, 0.717) is 13.0 Å². The van der Waals surface area contributed by atoms with Gasteiger partial charge < -0.3 is 9.84 Å². The molecule has 0 saturated heterocycles. The molecule has 0 aliphatic rings. The lowest BCUT2D eigenvalue weighted by molar-refractivity contribution is 0.137. The van der Waals surface area contributed by atoms with Crippen LogP contribution in [0.1, 0.15) is 24.5 Å². The van der Waals surface area contributed by atoms with Gasteiger partial charge in [0.05, 0.1) is 24.0 Å². The number of fused-ring (bicyclic) bond motifs is 1. The Labute approximate surface area is 93.7 Å². The van der Waals surface area contributed by atoms with Crippen LogP contribution in [0.15, 0.2) is 24.8 Å². The zero-order valence-corrected chi connectivity index (χ0v) is 9.21. The Kier molecular flexibility index (Phi) is 3.48. The first-order valence-corrected chi connectivity index (χ1v) is 5.27. The molecule has 0 spiro atoms. The van der Waals surface area contributed by atoms with Crippen molar-refractivity contribution in [3.05, 3.63) is 30.4 Å². The SMILES string of the molecule is COCCCC(O)c1cnn2ccncc12. The van der Waals surface area contributed by atoms with Crippen LogP contribution in [0.2, 0.25) is 0 Å². The van der Waals surface area contributed by atoms with E-state index >= 15 is 0 Å². The number of ether oxygens (including phenoxy) is 1. The second-order valence-corrected chi connectivity index (χ2v) is 3.66. The second kappa shape index (κ2) is 5.05. The maximum atomic E-state index is 10.00. The summed E-state index contributed by atoms with van der Waals surface area (Å²) < 4.78 is 6.66. The molecule has 16 heavy (non-hydrogen) atoms. The Bertz CT molecular complexity index is 455. The quantitative estimate of drug-likeness (QED) is 0.770. The van der Waals surface area contributed by atoms with Crippen molar-refractivity contribution in [1.82, 2.24) is 14.6 Å². The summed E-state index contributed by atoms with van der Waals surface area (Å²) in [6, 6.07) is 0. The molecule has 1 unspecified atom stereocenters. The molecule has 86 valence electrons. The van der Waals surface area contributed by atoms with Gasteiger partial charge >= 0.3 is 0 Å². The molecular formula is C11H15N3O2. The fourth-order valence-electron chi connectivity index (χ4n) is 1.69. The molecular weight excluding hydrogens is 206 g/mol. The molecule has 5 nitrogen and oxygen atoms in total. The number of nitrogens with zero attached hydrogens (tertiary/aromatic N) is 3. The van der Waals surface area contributed by atoms with Crippen LogP contribution in [-0.4, -0.2) is 33.4 Å². The molecule has 0 aliphatic carbocycles. The Balaban J connectivity index is 2.13. The minimum atomic E-state index is -0.503. The predicted octanol–water partition coefficient (Wildman–Crippen LogP) is 1.19. The third-order valence-corrected chi connectivity index (χ3v) is 2.54. The molecule has 0 bridgehead atoms. The van der Waals surface area contributed by atoms with E-state index in [2.05, 4.69) is 10.1 Å². The van der Waals surface area contributed by atoms with E-state index < -0.39 is 6.10 Å². The molecule has 0 amide bonds. The maximum absolute atomic E-state index is 10.00. The maximum Gasteiger partial charge on any atom is 0.0902 e. The van der Waals surface area contributed by atoms with Crippen molar-refractivity contribution in [1.29, 1.82) is 0 Å². The van der Waals surface area contributed by atoms with Crippen LogP contribution in [0.5, 0.6) is 0 Å². The zero-order valence-electron chi connectivity index (χ0n) is 9.21. The van der Waals surface area contributed by atoms with Gasteiger partial charge in [-0.25, -0.2) is 4.52 Å². The first kappa shape index (κ1) is 11.0. The van der Waals surface area contributed by atoms with Gasteiger partial charge in [0.2, 0.25) is 0 Å². The predicted molar refractivity (Wildman–Crippen MR) is 59.1 cm³/mol. The molecule has 0 fully saturated rings. The lowest BCUT2D eigenvalue weighted by Gasteiger charge is -2.08. The molecule has 5 heteroatoms. The summed E-state index contributed by atoms with van der Waals surface area (Å²) >= 11 is 0. The molecule has 2 aromatic rings. The largest absolute Gasteiger partial charge is 0.388 e. The van der Waals surface area contributed by atoms with Gasteiger partial charge in [0.15, 0.2) is 0 Å². The standard InChI is InChI=1S/C11H15N3O2/c1-16-6-2-3-11(15)9-7-13-14-5-4-12-8-10(9)14/h4-5,7-8,11,15H,2-3,6H2,1H3. The minimum absolute atomic E-state index is 0.503. The summed E-state index contributed by atoms with van der Waals surface area (Å²) in [5.74, 6) is 0. The third-order valence-electron chi connectivity index (χ3n) is 2.54. The highest BCUT2D eigenvalue weighted by molar-refractivity contribution is 5.52. The molecule has 2 rings (SSSR count). The zero-order chi connectivity index (χ0) is 11.4. The number of aliphatic hydroxyl groups excluding tert-OH is 1. The number of aromatic nitrogens is 3. The number of hydrogen-bond acceptors (Lipinski definition) is 4. The average Bonchev–Trinajstić information content (AvgIpc) is 2.73. The van der Waals surface area contributed by atoms with Gasteiger partial charge in [0.1, 0.15) is 0 Å². The van der Waals surface area contributed by atoms with E-state index in [1.54, 1.807) is 36.4 Å². The Morgan fingerprint density at radius 2 is 2.38 bits per heavy atom. The number of aliphatic hydroxyl groups is 1. The molecule has 2 aromatic heterocycles. The van der Waals surface area contributed by atoms with Crippen LogP contribution in [0.4, 0.5) is 0 Å². The van der Waals surface area contributed by atoms with Crippen LogP contribution in [0.25, 0.3) is 5.52 Å². The van der Waals surface area contributed by atoms with Gasteiger partial charge in [-0.1, -0.05) is 0 Å². The van der Waals surface area contributed by atoms with Crippen LogP contribution in [0.3, 0.4) is 0 Å². The minimum Gasteiger partial charge on any atom is -0.388 e. The highest BCUT2D eigenvalue weighted by Gasteiger charge is 2.12. The Hall–Kier alpha value is -1.46. The fourth-order valence-corrected chi connectivity index (χ4v) is 1.69. The van der Waals surface area contributed by atoms with Crippen molar-refractivity contribution in [3.63, 3.8) is 0 Å². The van der Waals surface area contributed by atoms with Crippen molar-refractivity contribution in [3.8, 4) is 0 Å². The van der Waals surface area contributed by atoms with Gasteiger partial charge in [-0.15, -0.1) is 0 Å². The third kappa shape index (κ3) is 2.20. The van der Waals surface area contributed by atoms with Gasteiger partial charge in [0, 0.05) is 31.7 Å². The number of hydrogen-bond donors (Lipinski definition) is 1. The van der Waals surface area contributed by atoms with E-state index in [9.17, 15) is 5.11 Å². The molecule has 0 aliphatic heterocycles. The van der Waals surface area contributed by atoms with Crippen molar-refractivity contribution in [2.45, 2.75) is 18.9 Å². The summed E-state index contributed by atoms with van der Waals surface area (Å²) in [5, 5.41) is 14.2. The van der Waals surface area contributed by atoms with Crippen LogP contribution in [-0.2, 0) is 4.74 Å². The summed E-state index contributed by atoms with van der Waals surface area (Å²) in [5.41, 5.74) is 1.68. The first-order valence-electron chi connectivity index (χ1n) is 5.27. The Morgan fingerprint density at radius 1 is 1.50 bits per heavy atom. The molecule has 0 saturated carbocycles. The molecule has 0 radical (unpaired) electrons. The summed E-state index contributed by atoms with van der Waals surface area (Å²) in [4.78, 5) is 4.03. The van der Waals surface area contributed by atoms with Crippen molar-refractivity contribution in [2.75, 3.05) is 13.7 Å². The molecule has 0 aromatic carbocycles. The van der Waals surface area contributed by atoms with E-state index in [-0.39, 0.29) is 0 Å². The molecule has 1 atom stereocenters. The Morgan fingerprint density at radius 3 is 3.19 bits per heavy atom. The van der Waals surface area contributed by atoms with Gasteiger partial charge in [0.25, 0.3) is 0 Å². The van der Waals surface area contributed by atoms with Gasteiger partial charge in [-0.05, 0) is 12.8 Å². The molecule has 2 heterocycles. The van der Waals surface area contributed by atoms with Gasteiger partial charge in [-0.2, -0.15) is 5.10 Å². The highest BCUT2D eigenvalue weighted by atomic mass is 16.5. The van der Waals surface area contributed by atoms with E-state index in [4.69, 9.17) is 4.74 Å². The number of methoxy groups -OCH3 is 1. The lowest BCUT2D eigenvalue weighted by Crippen LogP contribution is -1.99. The summed E-state index contributed by atoms with van der Waals surface area (Å²) in [7, 11) is 1.66. The average molecular weight is 221 g/mol. The van der Waals surface area contributed by atoms with Gasteiger partial charge in [-0.3, -0.25) is 4.98 Å². The van der Waals surface area contributed by atoms with Crippen molar-refractivity contribution < 1.29 is 9.84 Å². The normalized spacial score (nSPS) is 13.1.